The second-order valence-corrected chi connectivity index (χ2v) is 3.81. The van der Waals surface area contributed by atoms with Crippen molar-refractivity contribution in [2.75, 3.05) is 0 Å². The molecule has 0 amide bonds. The van der Waals surface area contributed by atoms with E-state index in [0.29, 0.717) is 21.5 Å². The van der Waals surface area contributed by atoms with Crippen molar-refractivity contribution in [2.24, 2.45) is 0 Å². The molecule has 0 aliphatic carbocycles. The van der Waals surface area contributed by atoms with E-state index in [-0.39, 0.29) is 0 Å². The Morgan fingerprint density at radius 2 is 2.00 bits per heavy atom. The third kappa shape index (κ3) is 2.71. The van der Waals surface area contributed by atoms with Gasteiger partial charge in [0.2, 0.25) is 0 Å². The van der Waals surface area contributed by atoms with Gasteiger partial charge in [0, 0.05) is 21.5 Å². The van der Waals surface area contributed by atoms with Crippen molar-refractivity contribution in [2.45, 2.75) is 6.42 Å². The standard InChI is InChI=1S/C9H7Cl3/c1-6(10)4-7-5-8(11)2-3-9(7)12/h2-3,5H,1,4H2. The van der Waals surface area contributed by atoms with Gasteiger partial charge in [-0.3, -0.25) is 0 Å². The minimum Gasteiger partial charge on any atom is -0.0894 e. The van der Waals surface area contributed by atoms with Gasteiger partial charge in [0.1, 0.15) is 0 Å². The summed E-state index contributed by atoms with van der Waals surface area (Å²) < 4.78 is 0. The summed E-state index contributed by atoms with van der Waals surface area (Å²) in [4.78, 5) is 0. The van der Waals surface area contributed by atoms with Gasteiger partial charge >= 0.3 is 0 Å². The average molecular weight is 222 g/mol. The van der Waals surface area contributed by atoms with Gasteiger partial charge in [0.15, 0.2) is 0 Å². The Morgan fingerprint density at radius 3 is 2.58 bits per heavy atom. The predicted octanol–water partition coefficient (Wildman–Crippen LogP) is 4.29. The van der Waals surface area contributed by atoms with Crippen molar-refractivity contribution in [3.8, 4) is 0 Å². The smallest absolute Gasteiger partial charge is 0.0442 e. The fourth-order valence-corrected chi connectivity index (χ4v) is 1.41. The second kappa shape index (κ2) is 4.18. The first-order valence-electron chi connectivity index (χ1n) is 3.37. The molecule has 12 heavy (non-hydrogen) atoms. The minimum atomic E-state index is 0.555. The third-order valence-electron chi connectivity index (χ3n) is 1.39. The molecule has 0 aliphatic rings. The molecule has 0 N–H and O–H groups in total. The summed E-state index contributed by atoms with van der Waals surface area (Å²) in [7, 11) is 0. The normalized spacial score (nSPS) is 9.92. The Kier molecular flexibility index (Phi) is 3.45. The summed E-state index contributed by atoms with van der Waals surface area (Å²) in [6.45, 7) is 3.58. The average Bonchev–Trinajstić information content (AvgIpc) is 1.96. The van der Waals surface area contributed by atoms with E-state index in [2.05, 4.69) is 6.58 Å². The van der Waals surface area contributed by atoms with Crippen LogP contribution in [0.4, 0.5) is 0 Å². The topological polar surface area (TPSA) is 0 Å². The molecule has 0 unspecified atom stereocenters. The summed E-state index contributed by atoms with van der Waals surface area (Å²) in [5, 5.41) is 1.88. The fraction of sp³-hybridized carbons (Fsp3) is 0.111. The van der Waals surface area contributed by atoms with Crippen LogP contribution in [0.3, 0.4) is 0 Å². The van der Waals surface area contributed by atoms with Crippen molar-refractivity contribution >= 4 is 34.8 Å². The molecule has 0 saturated carbocycles. The van der Waals surface area contributed by atoms with E-state index in [4.69, 9.17) is 34.8 Å². The molecule has 0 atom stereocenters. The van der Waals surface area contributed by atoms with Gasteiger partial charge in [-0.1, -0.05) is 41.4 Å². The number of hydrogen-bond donors (Lipinski definition) is 0. The number of benzene rings is 1. The molecule has 1 rings (SSSR count). The highest BCUT2D eigenvalue weighted by molar-refractivity contribution is 6.34. The van der Waals surface area contributed by atoms with Gasteiger partial charge in [-0.2, -0.15) is 0 Å². The number of hydrogen-bond acceptors (Lipinski definition) is 0. The predicted molar refractivity (Wildman–Crippen MR) is 55.2 cm³/mol. The van der Waals surface area contributed by atoms with Gasteiger partial charge in [-0.25, -0.2) is 0 Å². The lowest BCUT2D eigenvalue weighted by atomic mass is 10.1. The zero-order valence-electron chi connectivity index (χ0n) is 6.28. The minimum absolute atomic E-state index is 0.555. The summed E-state index contributed by atoms with van der Waals surface area (Å²) in [6, 6.07) is 5.28. The zero-order chi connectivity index (χ0) is 9.14. The van der Waals surface area contributed by atoms with E-state index in [0.717, 1.165) is 5.56 Å². The summed E-state index contributed by atoms with van der Waals surface area (Å²) >= 11 is 17.3. The van der Waals surface area contributed by atoms with Crippen LogP contribution in [-0.4, -0.2) is 0 Å². The molecule has 64 valence electrons. The molecular formula is C9H7Cl3. The van der Waals surface area contributed by atoms with Crippen LogP contribution in [0.5, 0.6) is 0 Å². The maximum atomic E-state index is 5.88. The molecule has 0 nitrogen and oxygen atoms in total. The Morgan fingerprint density at radius 1 is 1.33 bits per heavy atom. The first-order valence-corrected chi connectivity index (χ1v) is 4.50. The van der Waals surface area contributed by atoms with Crippen molar-refractivity contribution in [3.63, 3.8) is 0 Å². The van der Waals surface area contributed by atoms with Gasteiger partial charge in [-0.05, 0) is 23.8 Å². The molecule has 0 radical (unpaired) electrons. The molecule has 3 heteroatoms. The van der Waals surface area contributed by atoms with Crippen LogP contribution in [0.1, 0.15) is 5.56 Å². The maximum absolute atomic E-state index is 5.88. The molecule has 0 aromatic heterocycles. The lowest BCUT2D eigenvalue weighted by molar-refractivity contribution is 1.25. The molecule has 0 bridgehead atoms. The van der Waals surface area contributed by atoms with Crippen LogP contribution in [0, 0.1) is 0 Å². The molecule has 1 aromatic carbocycles. The van der Waals surface area contributed by atoms with Crippen molar-refractivity contribution in [1.29, 1.82) is 0 Å². The summed E-state index contributed by atoms with van der Waals surface area (Å²) in [5.74, 6) is 0. The zero-order valence-corrected chi connectivity index (χ0v) is 8.55. The second-order valence-electron chi connectivity index (χ2n) is 2.43. The SMILES string of the molecule is C=C(Cl)Cc1cc(Cl)ccc1Cl. The highest BCUT2D eigenvalue weighted by Crippen LogP contribution is 2.23. The van der Waals surface area contributed by atoms with E-state index < -0.39 is 0 Å². The van der Waals surface area contributed by atoms with E-state index in [1.165, 1.54) is 0 Å². The molecule has 0 saturated heterocycles. The highest BCUT2D eigenvalue weighted by atomic mass is 35.5. The van der Waals surface area contributed by atoms with E-state index in [1.54, 1.807) is 18.2 Å². The van der Waals surface area contributed by atoms with Gasteiger partial charge < -0.3 is 0 Å². The van der Waals surface area contributed by atoms with Crippen LogP contribution >= 0.6 is 34.8 Å². The van der Waals surface area contributed by atoms with Crippen LogP contribution in [0.25, 0.3) is 0 Å². The molecule has 0 fully saturated rings. The van der Waals surface area contributed by atoms with Gasteiger partial charge in [0.05, 0.1) is 0 Å². The van der Waals surface area contributed by atoms with Gasteiger partial charge in [-0.15, -0.1) is 0 Å². The molecule has 0 aliphatic heterocycles. The van der Waals surface area contributed by atoms with Crippen molar-refractivity contribution in [3.05, 3.63) is 45.4 Å². The lowest BCUT2D eigenvalue weighted by Crippen LogP contribution is -1.85. The summed E-state index contributed by atoms with van der Waals surface area (Å²) in [6.07, 6.45) is 0.556. The van der Waals surface area contributed by atoms with Gasteiger partial charge in [0.25, 0.3) is 0 Å². The van der Waals surface area contributed by atoms with Crippen molar-refractivity contribution in [1.82, 2.24) is 0 Å². The van der Waals surface area contributed by atoms with Crippen LogP contribution < -0.4 is 0 Å². The monoisotopic (exact) mass is 220 g/mol. The Hall–Kier alpha value is -0.170. The number of halogens is 3. The van der Waals surface area contributed by atoms with Crippen molar-refractivity contribution < 1.29 is 0 Å². The Balaban J connectivity index is 2.97. The first-order chi connectivity index (χ1) is 5.59. The fourth-order valence-electron chi connectivity index (χ4n) is 0.885. The third-order valence-corrected chi connectivity index (χ3v) is 2.13. The van der Waals surface area contributed by atoms with Crippen LogP contribution in [0.15, 0.2) is 29.8 Å². The number of rotatable bonds is 2. The molecule has 0 spiro atoms. The van der Waals surface area contributed by atoms with E-state index >= 15 is 0 Å². The summed E-state index contributed by atoms with van der Waals surface area (Å²) in [5.41, 5.74) is 0.907. The van der Waals surface area contributed by atoms with E-state index in [9.17, 15) is 0 Å². The molecule has 1 aromatic rings. The Labute approximate surface area is 86.7 Å². The Bertz CT molecular complexity index is 305. The molecule has 0 heterocycles. The molecular weight excluding hydrogens is 214 g/mol. The quantitative estimate of drug-likeness (QED) is 0.699. The lowest BCUT2D eigenvalue weighted by Gasteiger charge is -2.02. The number of allylic oxidation sites excluding steroid dienone is 1. The largest absolute Gasteiger partial charge is 0.0894 e. The highest BCUT2D eigenvalue weighted by Gasteiger charge is 2.01. The van der Waals surface area contributed by atoms with Crippen LogP contribution in [-0.2, 0) is 6.42 Å². The van der Waals surface area contributed by atoms with E-state index in [1.807, 2.05) is 0 Å². The van der Waals surface area contributed by atoms with Crippen LogP contribution in [0.2, 0.25) is 10.0 Å². The first kappa shape index (κ1) is 9.91. The maximum Gasteiger partial charge on any atom is 0.0442 e.